The molecule has 0 unspecified atom stereocenters. The zero-order chi connectivity index (χ0) is 22.9. The van der Waals surface area contributed by atoms with Crippen molar-refractivity contribution in [3.8, 4) is 0 Å². The van der Waals surface area contributed by atoms with E-state index in [2.05, 4.69) is 10.4 Å². The summed E-state index contributed by atoms with van der Waals surface area (Å²) in [5.74, 6) is -0.788. The predicted molar refractivity (Wildman–Crippen MR) is 127 cm³/mol. The van der Waals surface area contributed by atoms with Crippen LogP contribution in [0.5, 0.6) is 0 Å². The van der Waals surface area contributed by atoms with Gasteiger partial charge in [0.25, 0.3) is 5.56 Å². The average molecular weight is 440 g/mol. The van der Waals surface area contributed by atoms with Crippen LogP contribution in [-0.2, 0) is 17.9 Å². The van der Waals surface area contributed by atoms with Crippen LogP contribution in [0.25, 0.3) is 21.8 Å². The Morgan fingerprint density at radius 3 is 2.55 bits per heavy atom. The fourth-order valence-electron chi connectivity index (χ4n) is 4.13. The molecule has 0 aliphatic heterocycles. The number of fused-ring (bicyclic) bond motifs is 3. The number of carbonyl (C=O) groups is 1. The molecule has 2 heterocycles. The van der Waals surface area contributed by atoms with Crippen molar-refractivity contribution in [3.05, 3.63) is 106 Å². The van der Waals surface area contributed by atoms with Crippen LogP contribution in [0.15, 0.2) is 83.8 Å². The first-order valence-electron chi connectivity index (χ1n) is 10.6. The van der Waals surface area contributed by atoms with Crippen LogP contribution < -0.4 is 10.9 Å². The van der Waals surface area contributed by atoms with Gasteiger partial charge in [0.2, 0.25) is 5.91 Å². The van der Waals surface area contributed by atoms with Gasteiger partial charge in [0, 0.05) is 28.5 Å². The molecule has 0 radical (unpaired) electrons. The molecule has 6 nitrogen and oxygen atoms in total. The van der Waals surface area contributed by atoms with Gasteiger partial charge < -0.3 is 9.88 Å². The Hall–Kier alpha value is -4.26. The van der Waals surface area contributed by atoms with Crippen molar-refractivity contribution in [2.45, 2.75) is 20.0 Å². The molecule has 33 heavy (non-hydrogen) atoms. The van der Waals surface area contributed by atoms with Crippen molar-refractivity contribution in [1.82, 2.24) is 14.3 Å². The molecule has 0 atom stereocenters. The Labute approximate surface area is 188 Å². The van der Waals surface area contributed by atoms with E-state index in [1.54, 1.807) is 13.1 Å². The number of hydrogen-bond acceptors (Lipinski definition) is 3. The van der Waals surface area contributed by atoms with Gasteiger partial charge in [0.1, 0.15) is 17.9 Å². The van der Waals surface area contributed by atoms with E-state index in [1.807, 2.05) is 59.2 Å². The first-order chi connectivity index (χ1) is 16.0. The Balaban J connectivity index is 1.55. The van der Waals surface area contributed by atoms with Crippen LogP contribution in [0.3, 0.4) is 0 Å². The summed E-state index contributed by atoms with van der Waals surface area (Å²) < 4.78 is 16.5. The number of benzene rings is 3. The lowest BCUT2D eigenvalue weighted by atomic mass is 10.2. The average Bonchev–Trinajstić information content (AvgIpc) is 3.12. The molecule has 0 aliphatic carbocycles. The molecule has 0 bridgehead atoms. The van der Waals surface area contributed by atoms with E-state index >= 15 is 0 Å². The summed E-state index contributed by atoms with van der Waals surface area (Å²) in [6, 6.07) is 21.8. The maximum atomic E-state index is 13.5. The summed E-state index contributed by atoms with van der Waals surface area (Å²) >= 11 is 0. The maximum absolute atomic E-state index is 13.5. The van der Waals surface area contributed by atoms with Crippen molar-refractivity contribution in [1.29, 1.82) is 0 Å². The molecule has 0 fully saturated rings. The molecule has 3 aromatic carbocycles. The van der Waals surface area contributed by atoms with E-state index < -0.39 is 5.91 Å². The number of halogens is 1. The topological polar surface area (TPSA) is 68.9 Å². The minimum Gasteiger partial charge on any atom is -0.331 e. The molecular formula is C26H21FN4O2. The van der Waals surface area contributed by atoms with Crippen LogP contribution in [0, 0.1) is 12.7 Å². The third-order valence-electron chi connectivity index (χ3n) is 5.71. The summed E-state index contributed by atoms with van der Waals surface area (Å²) in [6.07, 6.45) is 1.64. The summed E-state index contributed by atoms with van der Waals surface area (Å²) in [5, 5.41) is 8.68. The number of para-hydroxylation sites is 1. The summed E-state index contributed by atoms with van der Waals surface area (Å²) in [4.78, 5) is 26.1. The molecule has 0 spiro atoms. The number of aryl methyl sites for hydroxylation is 1. The fraction of sp³-hybridized carbons (Fsp3) is 0.115. The SMILES string of the molecule is Cc1cc(F)ccc1NC(=O)Cn1ncc2c3ccccc3n(Cc3ccccc3)c2c1=O. The Kier molecular flexibility index (Phi) is 5.22. The second-order valence-corrected chi connectivity index (χ2v) is 7.97. The van der Waals surface area contributed by atoms with Crippen molar-refractivity contribution in [2.75, 3.05) is 5.32 Å². The van der Waals surface area contributed by atoms with Gasteiger partial charge in [-0.25, -0.2) is 9.07 Å². The van der Waals surface area contributed by atoms with Gasteiger partial charge in [-0.3, -0.25) is 9.59 Å². The lowest BCUT2D eigenvalue weighted by molar-refractivity contribution is -0.117. The van der Waals surface area contributed by atoms with Crippen molar-refractivity contribution in [2.24, 2.45) is 0 Å². The molecule has 2 aromatic heterocycles. The van der Waals surface area contributed by atoms with Crippen LogP contribution in [0.4, 0.5) is 10.1 Å². The Bertz CT molecular complexity index is 1550. The molecule has 5 aromatic rings. The number of rotatable bonds is 5. The van der Waals surface area contributed by atoms with Gasteiger partial charge in [-0.05, 0) is 42.3 Å². The second kappa shape index (κ2) is 8.35. The monoisotopic (exact) mass is 440 g/mol. The lowest BCUT2D eigenvalue weighted by Gasteiger charge is -2.10. The van der Waals surface area contributed by atoms with Crippen molar-refractivity contribution < 1.29 is 9.18 Å². The highest BCUT2D eigenvalue weighted by Gasteiger charge is 2.17. The minimum atomic E-state index is -0.413. The molecule has 1 amide bonds. The smallest absolute Gasteiger partial charge is 0.291 e. The standard InChI is InChI=1S/C26H21FN4O2/c1-17-13-19(27)11-12-22(17)29-24(32)16-31-26(33)25-21(14-28-31)20-9-5-6-10-23(20)30(25)15-18-7-3-2-4-8-18/h2-14H,15-16H2,1H3,(H,29,32). The fourth-order valence-corrected chi connectivity index (χ4v) is 4.13. The Morgan fingerprint density at radius 1 is 1.00 bits per heavy atom. The highest BCUT2D eigenvalue weighted by atomic mass is 19.1. The third kappa shape index (κ3) is 3.89. The molecule has 1 N–H and O–H groups in total. The molecule has 0 saturated carbocycles. The summed E-state index contributed by atoms with van der Waals surface area (Å²) in [7, 11) is 0. The Morgan fingerprint density at radius 2 is 1.76 bits per heavy atom. The van der Waals surface area contributed by atoms with Crippen molar-refractivity contribution >= 4 is 33.4 Å². The van der Waals surface area contributed by atoms with E-state index in [0.29, 0.717) is 23.3 Å². The van der Waals surface area contributed by atoms with Crippen LogP contribution >= 0.6 is 0 Å². The van der Waals surface area contributed by atoms with Crippen molar-refractivity contribution in [3.63, 3.8) is 0 Å². The highest BCUT2D eigenvalue weighted by Crippen LogP contribution is 2.27. The van der Waals surface area contributed by atoms with Gasteiger partial charge in [-0.2, -0.15) is 5.10 Å². The minimum absolute atomic E-state index is 0.252. The van der Waals surface area contributed by atoms with Gasteiger partial charge in [0.15, 0.2) is 0 Å². The van der Waals surface area contributed by atoms with Crippen LogP contribution in [0.2, 0.25) is 0 Å². The highest BCUT2D eigenvalue weighted by molar-refractivity contribution is 6.07. The molecule has 5 rings (SSSR count). The quantitative estimate of drug-likeness (QED) is 0.438. The second-order valence-electron chi connectivity index (χ2n) is 7.97. The number of anilines is 1. The van der Waals surface area contributed by atoms with E-state index in [0.717, 1.165) is 26.5 Å². The molecular weight excluding hydrogens is 419 g/mol. The number of amides is 1. The third-order valence-corrected chi connectivity index (χ3v) is 5.71. The first-order valence-corrected chi connectivity index (χ1v) is 10.6. The molecule has 7 heteroatoms. The van der Waals surface area contributed by atoms with Gasteiger partial charge in [-0.1, -0.05) is 48.5 Å². The van der Waals surface area contributed by atoms with E-state index in [4.69, 9.17) is 0 Å². The summed E-state index contributed by atoms with van der Waals surface area (Å²) in [5.41, 5.74) is 3.24. The number of carbonyl (C=O) groups excluding carboxylic acids is 1. The van der Waals surface area contributed by atoms with E-state index in [1.165, 1.54) is 18.2 Å². The normalized spacial score (nSPS) is 11.2. The van der Waals surface area contributed by atoms with Gasteiger partial charge >= 0.3 is 0 Å². The van der Waals surface area contributed by atoms with Crippen LogP contribution in [-0.4, -0.2) is 20.3 Å². The lowest BCUT2D eigenvalue weighted by Crippen LogP contribution is -2.30. The molecule has 164 valence electrons. The zero-order valence-corrected chi connectivity index (χ0v) is 18.0. The van der Waals surface area contributed by atoms with Crippen LogP contribution in [0.1, 0.15) is 11.1 Å². The van der Waals surface area contributed by atoms with E-state index in [9.17, 15) is 14.0 Å². The number of hydrogen-bond donors (Lipinski definition) is 1. The molecule has 0 aliphatic rings. The van der Waals surface area contributed by atoms with E-state index in [-0.39, 0.29) is 17.9 Å². The number of aromatic nitrogens is 3. The zero-order valence-electron chi connectivity index (χ0n) is 18.0. The first kappa shape index (κ1) is 20.6. The predicted octanol–water partition coefficient (Wildman–Crippen LogP) is 4.49. The number of nitrogens with one attached hydrogen (secondary N) is 1. The van der Waals surface area contributed by atoms with Gasteiger partial charge in [0.05, 0.1) is 6.20 Å². The largest absolute Gasteiger partial charge is 0.331 e. The van der Waals surface area contributed by atoms with Gasteiger partial charge in [-0.15, -0.1) is 0 Å². The summed E-state index contributed by atoms with van der Waals surface area (Å²) in [6.45, 7) is 1.97. The molecule has 0 saturated heterocycles. The number of nitrogens with zero attached hydrogens (tertiary/aromatic N) is 3. The maximum Gasteiger partial charge on any atom is 0.291 e.